The minimum Gasteiger partial charge on any atom is -0.493 e. The van der Waals surface area contributed by atoms with Crippen molar-refractivity contribution in [2.75, 3.05) is 13.7 Å². The molecule has 1 atom stereocenters. The number of benzene rings is 1. The molecule has 0 aliphatic rings. The Balaban J connectivity index is 3.12. The van der Waals surface area contributed by atoms with Gasteiger partial charge in [0.25, 0.3) is 0 Å². The highest BCUT2D eigenvalue weighted by Gasteiger charge is 2.18. The molecule has 0 radical (unpaired) electrons. The Kier molecular flexibility index (Phi) is 4.32. The first kappa shape index (κ1) is 12.2. The molecule has 0 aliphatic heterocycles. The number of nitrogens with two attached hydrogens (primary N) is 1. The average Bonchev–Trinajstić information content (AvgIpc) is 2.22. The number of rotatable bonds is 4. The van der Waals surface area contributed by atoms with Gasteiger partial charge in [-0.1, -0.05) is 17.7 Å². The molecule has 5 heteroatoms. The lowest BCUT2D eigenvalue weighted by Gasteiger charge is -2.15. The van der Waals surface area contributed by atoms with Crippen molar-refractivity contribution in [1.82, 2.24) is 0 Å². The van der Waals surface area contributed by atoms with Crippen molar-refractivity contribution in [1.29, 1.82) is 0 Å². The van der Waals surface area contributed by atoms with Crippen LogP contribution in [-0.4, -0.2) is 18.8 Å². The molecule has 0 spiro atoms. The SMILES string of the molecule is COc1c(C(O)CCN)ccc(Cl)c1F. The zero-order valence-corrected chi connectivity index (χ0v) is 9.09. The Bertz CT molecular complexity index is 346. The van der Waals surface area contributed by atoms with Gasteiger partial charge >= 0.3 is 0 Å². The highest BCUT2D eigenvalue weighted by molar-refractivity contribution is 6.30. The zero-order valence-electron chi connectivity index (χ0n) is 8.34. The fraction of sp³-hybridized carbons (Fsp3) is 0.400. The lowest BCUT2D eigenvalue weighted by molar-refractivity contribution is 0.165. The Morgan fingerprint density at radius 2 is 2.27 bits per heavy atom. The number of aliphatic hydroxyl groups is 1. The third kappa shape index (κ3) is 2.59. The first-order valence-electron chi connectivity index (χ1n) is 4.51. The monoisotopic (exact) mass is 233 g/mol. The van der Waals surface area contributed by atoms with E-state index in [0.717, 1.165) is 0 Å². The first-order chi connectivity index (χ1) is 7.11. The van der Waals surface area contributed by atoms with Crippen molar-refractivity contribution in [3.05, 3.63) is 28.5 Å². The van der Waals surface area contributed by atoms with Crippen molar-refractivity contribution < 1.29 is 14.2 Å². The van der Waals surface area contributed by atoms with Gasteiger partial charge in [0.15, 0.2) is 11.6 Å². The second-order valence-corrected chi connectivity index (χ2v) is 3.48. The quantitative estimate of drug-likeness (QED) is 0.835. The second kappa shape index (κ2) is 5.30. The topological polar surface area (TPSA) is 55.5 Å². The van der Waals surface area contributed by atoms with Gasteiger partial charge < -0.3 is 15.6 Å². The fourth-order valence-corrected chi connectivity index (χ4v) is 1.48. The van der Waals surface area contributed by atoms with Crippen LogP contribution in [0.15, 0.2) is 12.1 Å². The number of aliphatic hydroxyl groups excluding tert-OH is 1. The summed E-state index contributed by atoms with van der Waals surface area (Å²) >= 11 is 5.58. The minimum atomic E-state index is -0.836. The van der Waals surface area contributed by atoms with Gasteiger partial charge in [-0.05, 0) is 19.0 Å². The molecule has 0 bridgehead atoms. The number of methoxy groups -OCH3 is 1. The molecule has 84 valence electrons. The number of hydrogen-bond donors (Lipinski definition) is 2. The highest BCUT2D eigenvalue weighted by Crippen LogP contribution is 2.33. The molecule has 0 aromatic heterocycles. The molecule has 0 amide bonds. The maximum Gasteiger partial charge on any atom is 0.183 e. The van der Waals surface area contributed by atoms with Gasteiger partial charge in [-0.25, -0.2) is 4.39 Å². The van der Waals surface area contributed by atoms with E-state index in [4.69, 9.17) is 22.1 Å². The summed E-state index contributed by atoms with van der Waals surface area (Å²) in [5, 5.41) is 9.65. The van der Waals surface area contributed by atoms with Crippen molar-refractivity contribution in [2.45, 2.75) is 12.5 Å². The van der Waals surface area contributed by atoms with E-state index >= 15 is 0 Å². The molecule has 0 heterocycles. The predicted molar refractivity (Wildman–Crippen MR) is 56.6 cm³/mol. The van der Waals surface area contributed by atoms with Crippen LogP contribution >= 0.6 is 11.6 Å². The molecule has 3 N–H and O–H groups in total. The van der Waals surface area contributed by atoms with E-state index in [1.54, 1.807) is 0 Å². The van der Waals surface area contributed by atoms with Crippen LogP contribution < -0.4 is 10.5 Å². The van der Waals surface area contributed by atoms with Gasteiger partial charge in [0, 0.05) is 5.56 Å². The maximum absolute atomic E-state index is 13.5. The van der Waals surface area contributed by atoms with Gasteiger partial charge in [0.1, 0.15) is 0 Å². The lowest BCUT2D eigenvalue weighted by atomic mass is 10.1. The normalized spacial score (nSPS) is 12.6. The molecule has 0 aliphatic carbocycles. The summed E-state index contributed by atoms with van der Waals surface area (Å²) in [7, 11) is 1.33. The summed E-state index contributed by atoms with van der Waals surface area (Å²) in [6.07, 6.45) is -0.492. The summed E-state index contributed by atoms with van der Waals surface area (Å²) < 4.78 is 18.3. The van der Waals surface area contributed by atoms with Crippen LogP contribution in [0.4, 0.5) is 4.39 Å². The van der Waals surface area contributed by atoms with Crippen LogP contribution in [0, 0.1) is 5.82 Å². The van der Waals surface area contributed by atoms with Gasteiger partial charge in [-0.15, -0.1) is 0 Å². The summed E-state index contributed by atoms with van der Waals surface area (Å²) in [5.74, 6) is -0.684. The molecular weight excluding hydrogens is 221 g/mol. The van der Waals surface area contributed by atoms with Crippen molar-refractivity contribution >= 4 is 11.6 Å². The van der Waals surface area contributed by atoms with Crippen molar-refractivity contribution in [2.24, 2.45) is 5.73 Å². The third-order valence-corrected chi connectivity index (χ3v) is 2.38. The number of halogens is 2. The molecule has 15 heavy (non-hydrogen) atoms. The van der Waals surface area contributed by atoms with Crippen LogP contribution in [0.25, 0.3) is 0 Å². The molecule has 3 nitrogen and oxygen atoms in total. The molecule has 0 saturated carbocycles. The Hall–Kier alpha value is -0.840. The van der Waals surface area contributed by atoms with Gasteiger partial charge in [0.2, 0.25) is 0 Å². The van der Waals surface area contributed by atoms with Gasteiger partial charge in [-0.2, -0.15) is 0 Å². The average molecular weight is 234 g/mol. The fourth-order valence-electron chi connectivity index (χ4n) is 1.33. The van der Waals surface area contributed by atoms with E-state index in [1.807, 2.05) is 0 Å². The molecule has 1 aromatic carbocycles. The molecule has 1 aromatic rings. The Morgan fingerprint density at radius 1 is 1.60 bits per heavy atom. The van der Waals surface area contributed by atoms with E-state index in [1.165, 1.54) is 19.2 Å². The van der Waals surface area contributed by atoms with Crippen LogP contribution in [0.2, 0.25) is 5.02 Å². The second-order valence-electron chi connectivity index (χ2n) is 3.08. The molecule has 1 unspecified atom stereocenters. The third-order valence-electron chi connectivity index (χ3n) is 2.08. The largest absolute Gasteiger partial charge is 0.493 e. The number of ether oxygens (including phenoxy) is 1. The van der Waals surface area contributed by atoms with E-state index < -0.39 is 11.9 Å². The minimum absolute atomic E-state index is 0.0246. The molecular formula is C10H13ClFNO2. The predicted octanol–water partition coefficient (Wildman–Crippen LogP) is 1.87. The maximum atomic E-state index is 13.5. The Morgan fingerprint density at radius 3 is 2.80 bits per heavy atom. The van der Waals surface area contributed by atoms with E-state index in [2.05, 4.69) is 0 Å². The van der Waals surface area contributed by atoms with Crippen LogP contribution in [0.1, 0.15) is 18.1 Å². The number of hydrogen-bond acceptors (Lipinski definition) is 3. The van der Waals surface area contributed by atoms with Crippen LogP contribution in [0.3, 0.4) is 0 Å². The molecule has 0 saturated heterocycles. The lowest BCUT2D eigenvalue weighted by Crippen LogP contribution is -2.08. The van der Waals surface area contributed by atoms with E-state index in [-0.39, 0.29) is 10.8 Å². The molecule has 0 fully saturated rings. The Labute approximate surface area is 92.6 Å². The summed E-state index contributed by atoms with van der Waals surface area (Å²) in [6.45, 7) is 0.314. The first-order valence-corrected chi connectivity index (χ1v) is 4.89. The highest BCUT2D eigenvalue weighted by atomic mass is 35.5. The van der Waals surface area contributed by atoms with Gasteiger partial charge in [-0.3, -0.25) is 0 Å². The summed E-state index contributed by atoms with van der Waals surface area (Å²) in [6, 6.07) is 2.92. The molecule has 1 rings (SSSR count). The van der Waals surface area contributed by atoms with E-state index in [0.29, 0.717) is 18.5 Å². The van der Waals surface area contributed by atoms with Crippen LogP contribution in [-0.2, 0) is 0 Å². The van der Waals surface area contributed by atoms with E-state index in [9.17, 15) is 9.50 Å². The zero-order chi connectivity index (χ0) is 11.4. The summed E-state index contributed by atoms with van der Waals surface area (Å²) in [5.41, 5.74) is 5.67. The smallest absolute Gasteiger partial charge is 0.183 e. The van der Waals surface area contributed by atoms with Crippen molar-refractivity contribution in [3.63, 3.8) is 0 Å². The van der Waals surface area contributed by atoms with Gasteiger partial charge in [0.05, 0.1) is 18.2 Å². The summed E-state index contributed by atoms with van der Waals surface area (Å²) in [4.78, 5) is 0. The van der Waals surface area contributed by atoms with Crippen LogP contribution in [0.5, 0.6) is 5.75 Å². The van der Waals surface area contributed by atoms with Crippen molar-refractivity contribution in [3.8, 4) is 5.75 Å². The standard InChI is InChI=1S/C10H13ClFNO2/c1-15-10-6(8(14)4-5-13)2-3-7(11)9(10)12/h2-3,8,14H,4-5,13H2,1H3.